The third-order valence-corrected chi connectivity index (χ3v) is 4.79. The lowest BCUT2D eigenvalue weighted by Crippen LogP contribution is -1.97. The predicted octanol–water partition coefficient (Wildman–Crippen LogP) is 4.31. The molecule has 0 bridgehead atoms. The number of ether oxygens (including phenoxy) is 4. The molecule has 0 atom stereocenters. The lowest BCUT2D eigenvalue weighted by atomic mass is 10.0. The molecular weight excluding hydrogens is 441 g/mol. The van der Waals surface area contributed by atoms with Crippen molar-refractivity contribution in [2.75, 3.05) is 28.4 Å². The number of aromatic nitrogens is 1. The lowest BCUT2D eigenvalue weighted by molar-refractivity contribution is 0.214. The van der Waals surface area contributed by atoms with Crippen molar-refractivity contribution in [3.63, 3.8) is 0 Å². The summed E-state index contributed by atoms with van der Waals surface area (Å²) in [6, 6.07) is 3.45. The summed E-state index contributed by atoms with van der Waals surface area (Å²) in [5, 5.41) is 4.07. The molecular formula is C21H26NO9P. The zero-order valence-electron chi connectivity index (χ0n) is 18.4. The number of allylic oxidation sites excluding steroid dienone is 4. The van der Waals surface area contributed by atoms with Gasteiger partial charge < -0.3 is 28.0 Å². The maximum Gasteiger partial charge on any atom is 0.524 e. The largest absolute Gasteiger partial charge is 0.524 e. The van der Waals surface area contributed by atoms with E-state index in [1.807, 2.05) is 0 Å². The smallest absolute Gasteiger partial charge is 0.493 e. The van der Waals surface area contributed by atoms with E-state index >= 15 is 0 Å². The van der Waals surface area contributed by atoms with E-state index in [0.717, 1.165) is 0 Å². The second kappa shape index (κ2) is 10.9. The number of phosphoric ester groups is 1. The number of benzene rings is 1. The average Bonchev–Trinajstić information content (AvgIpc) is 3.26. The third-order valence-electron chi connectivity index (χ3n) is 4.33. The van der Waals surface area contributed by atoms with E-state index in [0.29, 0.717) is 39.6 Å². The number of nitrogens with zero attached hydrogens (tertiary/aromatic N) is 1. The Kier molecular flexibility index (Phi) is 8.54. The highest BCUT2D eigenvalue weighted by molar-refractivity contribution is 7.46. The fourth-order valence-electron chi connectivity index (χ4n) is 2.86. The molecule has 0 spiro atoms. The lowest BCUT2D eigenvalue weighted by Gasteiger charge is -2.14. The van der Waals surface area contributed by atoms with Crippen LogP contribution in [0.3, 0.4) is 0 Å². The minimum Gasteiger partial charge on any atom is -0.493 e. The summed E-state index contributed by atoms with van der Waals surface area (Å²) in [5.74, 6) is 1.48. The van der Waals surface area contributed by atoms with E-state index in [2.05, 4.69) is 11.7 Å². The van der Waals surface area contributed by atoms with Crippen molar-refractivity contribution in [3.05, 3.63) is 54.2 Å². The zero-order valence-corrected chi connectivity index (χ0v) is 19.3. The summed E-state index contributed by atoms with van der Waals surface area (Å²) in [5.41, 5.74) is 2.18. The first-order valence-corrected chi connectivity index (χ1v) is 10.9. The van der Waals surface area contributed by atoms with Gasteiger partial charge >= 0.3 is 7.82 Å². The first-order valence-electron chi connectivity index (χ1n) is 9.33. The fourth-order valence-corrected chi connectivity index (χ4v) is 3.36. The van der Waals surface area contributed by atoms with Crippen LogP contribution in [0.5, 0.6) is 17.2 Å². The van der Waals surface area contributed by atoms with Crippen LogP contribution in [-0.2, 0) is 13.8 Å². The molecule has 32 heavy (non-hydrogen) atoms. The highest BCUT2D eigenvalue weighted by Gasteiger charge is 2.21. The van der Waals surface area contributed by atoms with Crippen molar-refractivity contribution in [3.8, 4) is 28.5 Å². The number of methoxy groups -OCH3 is 4. The summed E-state index contributed by atoms with van der Waals surface area (Å²) < 4.78 is 42.4. The molecule has 174 valence electrons. The van der Waals surface area contributed by atoms with E-state index in [-0.39, 0.29) is 17.9 Å². The van der Waals surface area contributed by atoms with Crippen LogP contribution in [0.2, 0.25) is 0 Å². The van der Waals surface area contributed by atoms with Gasteiger partial charge in [-0.3, -0.25) is 9.79 Å². The van der Waals surface area contributed by atoms with Gasteiger partial charge in [0.2, 0.25) is 5.75 Å². The van der Waals surface area contributed by atoms with Gasteiger partial charge in [0.1, 0.15) is 17.7 Å². The van der Waals surface area contributed by atoms with Crippen LogP contribution in [0, 0.1) is 0 Å². The summed E-state index contributed by atoms with van der Waals surface area (Å²) in [7, 11) is 1.17. The maximum atomic E-state index is 11.2. The van der Waals surface area contributed by atoms with Crippen molar-refractivity contribution >= 4 is 13.4 Å². The Hall–Kier alpha value is -3.20. The van der Waals surface area contributed by atoms with Gasteiger partial charge in [-0.25, -0.2) is 4.57 Å². The standard InChI is InChI=1S/C21H26NO9P/c1-7-16(31-32(23,24)25)17(26-3)9-8-13(2)15-12-30-22-20(15)14-10-18(27-4)21(29-6)19(11-14)28-5/h8-12H,2,7H2,1,3-6H3,(H2,23,24,25)/b9-8-,17-16-. The molecule has 2 aromatic rings. The number of hydrogen-bond donors (Lipinski definition) is 2. The van der Waals surface area contributed by atoms with Crippen molar-refractivity contribution in [2.24, 2.45) is 0 Å². The Bertz CT molecular complexity index is 1040. The van der Waals surface area contributed by atoms with E-state index in [1.54, 1.807) is 25.1 Å². The van der Waals surface area contributed by atoms with E-state index < -0.39 is 7.82 Å². The predicted molar refractivity (Wildman–Crippen MR) is 117 cm³/mol. The van der Waals surface area contributed by atoms with Crippen LogP contribution < -0.4 is 14.2 Å². The van der Waals surface area contributed by atoms with Crippen LogP contribution >= 0.6 is 7.82 Å². The third kappa shape index (κ3) is 5.94. The minimum atomic E-state index is -4.72. The SMILES string of the molecule is C=C(/C=C\C(OC)=C(/CC)OP(=O)(O)O)c1conc1-c1cc(OC)c(OC)c(OC)c1. The quantitative estimate of drug-likeness (QED) is 0.280. The normalized spacial score (nSPS) is 12.3. The van der Waals surface area contributed by atoms with Gasteiger partial charge in [0, 0.05) is 17.5 Å². The number of phosphoric acid groups is 1. The Labute approximate surface area is 185 Å². The van der Waals surface area contributed by atoms with E-state index in [9.17, 15) is 4.57 Å². The molecule has 0 aliphatic carbocycles. The Morgan fingerprint density at radius 3 is 2.22 bits per heavy atom. The molecule has 2 rings (SSSR count). The molecule has 1 aromatic heterocycles. The first kappa shape index (κ1) is 25.1. The second-order valence-corrected chi connectivity index (χ2v) is 7.44. The van der Waals surface area contributed by atoms with Crippen LogP contribution in [0.25, 0.3) is 16.8 Å². The molecule has 2 N–H and O–H groups in total. The Balaban J connectivity index is 2.44. The van der Waals surface area contributed by atoms with Crippen LogP contribution in [0.1, 0.15) is 18.9 Å². The van der Waals surface area contributed by atoms with Crippen LogP contribution in [0.4, 0.5) is 0 Å². The molecule has 0 saturated heterocycles. The zero-order chi connectivity index (χ0) is 23.9. The van der Waals surface area contributed by atoms with Crippen LogP contribution in [0.15, 0.2) is 53.2 Å². The molecule has 0 aliphatic rings. The summed E-state index contributed by atoms with van der Waals surface area (Å²) in [6.07, 6.45) is 4.71. The maximum absolute atomic E-state index is 11.2. The highest BCUT2D eigenvalue weighted by Crippen LogP contribution is 2.43. The number of hydrogen-bond acceptors (Lipinski definition) is 8. The van der Waals surface area contributed by atoms with Gasteiger partial charge in [-0.15, -0.1) is 0 Å². The second-order valence-electron chi connectivity index (χ2n) is 6.28. The van der Waals surface area contributed by atoms with E-state index in [1.165, 1.54) is 40.8 Å². The van der Waals surface area contributed by atoms with Gasteiger partial charge in [0.25, 0.3) is 0 Å². The summed E-state index contributed by atoms with van der Waals surface area (Å²) >= 11 is 0. The number of rotatable bonds is 11. The van der Waals surface area contributed by atoms with Crippen molar-refractivity contribution in [1.82, 2.24) is 5.16 Å². The molecule has 0 fully saturated rings. The van der Waals surface area contributed by atoms with Gasteiger partial charge in [0.05, 0.1) is 28.4 Å². The molecule has 1 heterocycles. The Morgan fingerprint density at radius 2 is 1.75 bits per heavy atom. The fraction of sp³-hybridized carbons (Fsp3) is 0.286. The molecule has 0 radical (unpaired) electrons. The summed E-state index contributed by atoms with van der Waals surface area (Å²) in [6.45, 7) is 5.70. The van der Waals surface area contributed by atoms with Crippen molar-refractivity contribution < 1.29 is 42.3 Å². The highest BCUT2D eigenvalue weighted by atomic mass is 31.2. The van der Waals surface area contributed by atoms with E-state index in [4.69, 9.17) is 37.8 Å². The Morgan fingerprint density at radius 1 is 1.12 bits per heavy atom. The molecule has 0 aliphatic heterocycles. The van der Waals surface area contributed by atoms with Gasteiger partial charge in [0.15, 0.2) is 17.3 Å². The van der Waals surface area contributed by atoms with Crippen molar-refractivity contribution in [1.29, 1.82) is 0 Å². The first-order chi connectivity index (χ1) is 15.2. The topological polar surface area (TPSA) is 130 Å². The van der Waals surface area contributed by atoms with Gasteiger partial charge in [-0.05, 0) is 23.8 Å². The van der Waals surface area contributed by atoms with Gasteiger partial charge in [-0.1, -0.05) is 24.7 Å². The molecule has 0 saturated carbocycles. The molecule has 0 unspecified atom stereocenters. The van der Waals surface area contributed by atoms with Crippen LogP contribution in [-0.4, -0.2) is 43.4 Å². The average molecular weight is 467 g/mol. The monoisotopic (exact) mass is 467 g/mol. The molecule has 11 heteroatoms. The summed E-state index contributed by atoms with van der Waals surface area (Å²) in [4.78, 5) is 18.2. The molecule has 1 aromatic carbocycles. The van der Waals surface area contributed by atoms with Crippen molar-refractivity contribution in [2.45, 2.75) is 13.3 Å². The minimum absolute atomic E-state index is 0.0000487. The molecule has 10 nitrogen and oxygen atoms in total. The van der Waals surface area contributed by atoms with Gasteiger partial charge in [-0.2, -0.15) is 0 Å². The molecule has 0 amide bonds.